The van der Waals surface area contributed by atoms with Gasteiger partial charge in [-0.2, -0.15) is 0 Å². The first kappa shape index (κ1) is 16.2. The fraction of sp³-hybridized carbons (Fsp3) is 0.571. The molecule has 4 nitrogen and oxygen atoms in total. The summed E-state index contributed by atoms with van der Waals surface area (Å²) in [6, 6.07) is 4.43. The van der Waals surface area contributed by atoms with E-state index < -0.39 is 0 Å². The van der Waals surface area contributed by atoms with Crippen molar-refractivity contribution in [3.63, 3.8) is 0 Å². The van der Waals surface area contributed by atoms with Gasteiger partial charge in [-0.3, -0.25) is 4.98 Å². The van der Waals surface area contributed by atoms with Gasteiger partial charge in [-0.15, -0.1) is 24.0 Å². The summed E-state index contributed by atoms with van der Waals surface area (Å²) in [5, 5.41) is 3.34. The Bertz CT molecular complexity index is 372. The first-order valence-electron chi connectivity index (χ1n) is 6.80. The fourth-order valence-electron chi connectivity index (χ4n) is 2.35. The van der Waals surface area contributed by atoms with Crippen LogP contribution in [0.15, 0.2) is 29.5 Å². The van der Waals surface area contributed by atoms with E-state index in [1.165, 1.54) is 38.5 Å². The number of guanidine groups is 1. The molecule has 0 saturated heterocycles. The summed E-state index contributed by atoms with van der Waals surface area (Å²) < 4.78 is 0. The average Bonchev–Trinajstić information content (AvgIpc) is 2.66. The molecule has 1 aromatic rings. The van der Waals surface area contributed by atoms with Crippen molar-refractivity contribution in [1.29, 1.82) is 0 Å². The van der Waals surface area contributed by atoms with Crippen LogP contribution >= 0.6 is 24.0 Å². The number of hydrogen-bond donors (Lipinski definition) is 2. The molecule has 1 aliphatic rings. The number of hydrogen-bond acceptors (Lipinski definition) is 2. The molecule has 106 valence electrons. The molecule has 0 spiro atoms. The van der Waals surface area contributed by atoms with E-state index in [1.807, 2.05) is 18.3 Å². The highest BCUT2D eigenvalue weighted by Gasteiger charge is 2.11. The fourth-order valence-corrected chi connectivity index (χ4v) is 2.35. The lowest BCUT2D eigenvalue weighted by atomic mass is 10.1. The van der Waals surface area contributed by atoms with E-state index in [0.29, 0.717) is 18.5 Å². The van der Waals surface area contributed by atoms with Crippen LogP contribution < -0.4 is 11.1 Å². The Morgan fingerprint density at radius 1 is 1.32 bits per heavy atom. The zero-order valence-electron chi connectivity index (χ0n) is 11.2. The van der Waals surface area contributed by atoms with Crippen LogP contribution in [0.2, 0.25) is 0 Å². The number of aliphatic imine (C=N–C) groups is 1. The van der Waals surface area contributed by atoms with Gasteiger partial charge in [0.1, 0.15) is 0 Å². The largest absolute Gasteiger partial charge is 0.370 e. The Hall–Kier alpha value is -0.850. The third kappa shape index (κ3) is 6.22. The molecule has 3 N–H and O–H groups in total. The molecule has 1 saturated carbocycles. The molecule has 0 bridgehead atoms. The molecule has 0 aromatic carbocycles. The number of halogens is 1. The highest BCUT2D eigenvalue weighted by molar-refractivity contribution is 14.0. The lowest BCUT2D eigenvalue weighted by Gasteiger charge is -2.16. The second kappa shape index (κ2) is 9.12. The Labute approximate surface area is 132 Å². The third-order valence-corrected chi connectivity index (χ3v) is 3.36. The van der Waals surface area contributed by atoms with Gasteiger partial charge in [0, 0.05) is 18.4 Å². The van der Waals surface area contributed by atoms with Crippen LogP contribution in [-0.4, -0.2) is 17.0 Å². The van der Waals surface area contributed by atoms with Crippen molar-refractivity contribution >= 4 is 29.9 Å². The maximum atomic E-state index is 5.92. The van der Waals surface area contributed by atoms with Crippen molar-refractivity contribution in [1.82, 2.24) is 10.3 Å². The summed E-state index contributed by atoms with van der Waals surface area (Å²) in [6.45, 7) is 0.597. The van der Waals surface area contributed by atoms with Gasteiger partial charge in [-0.1, -0.05) is 31.7 Å². The molecule has 1 heterocycles. The van der Waals surface area contributed by atoms with Gasteiger partial charge in [0.25, 0.3) is 0 Å². The van der Waals surface area contributed by atoms with Crippen LogP contribution in [-0.2, 0) is 6.54 Å². The second-order valence-electron chi connectivity index (χ2n) is 4.90. The topological polar surface area (TPSA) is 63.3 Å². The lowest BCUT2D eigenvalue weighted by molar-refractivity contribution is 0.530. The number of nitrogens with zero attached hydrogens (tertiary/aromatic N) is 2. The minimum absolute atomic E-state index is 0. The third-order valence-electron chi connectivity index (χ3n) is 3.36. The molecule has 0 aliphatic heterocycles. The molecule has 19 heavy (non-hydrogen) atoms. The minimum atomic E-state index is 0. The highest BCUT2D eigenvalue weighted by Crippen LogP contribution is 2.16. The van der Waals surface area contributed by atoms with Crippen LogP contribution in [0.3, 0.4) is 0 Å². The van der Waals surface area contributed by atoms with Gasteiger partial charge in [0.05, 0.1) is 6.54 Å². The van der Waals surface area contributed by atoms with Crippen molar-refractivity contribution < 1.29 is 0 Å². The zero-order valence-corrected chi connectivity index (χ0v) is 13.5. The molecule has 1 fully saturated rings. The van der Waals surface area contributed by atoms with Crippen LogP contribution in [0.25, 0.3) is 0 Å². The smallest absolute Gasteiger partial charge is 0.189 e. The number of pyridine rings is 1. The van der Waals surface area contributed by atoms with Crippen molar-refractivity contribution in [3.05, 3.63) is 30.1 Å². The average molecular weight is 374 g/mol. The van der Waals surface area contributed by atoms with E-state index in [0.717, 1.165) is 5.56 Å². The standard InChI is InChI=1S/C14H22N4.HI/c15-14(17-11-12-6-5-9-16-10-12)18-13-7-3-1-2-4-8-13;/h5-6,9-10,13H,1-4,7-8,11H2,(H3,15,17,18);1H. The SMILES string of the molecule is I.NC(=NCc1cccnc1)NC1CCCCCC1. The zero-order chi connectivity index (χ0) is 12.6. The van der Waals surface area contributed by atoms with E-state index in [9.17, 15) is 0 Å². The number of nitrogens with two attached hydrogens (primary N) is 1. The number of rotatable bonds is 3. The quantitative estimate of drug-likeness (QED) is 0.370. The Kier molecular flexibility index (Phi) is 7.78. The van der Waals surface area contributed by atoms with Gasteiger partial charge in [-0.05, 0) is 24.5 Å². The summed E-state index contributed by atoms with van der Waals surface area (Å²) in [5.74, 6) is 0.561. The van der Waals surface area contributed by atoms with Gasteiger partial charge in [0.2, 0.25) is 0 Å². The van der Waals surface area contributed by atoms with Gasteiger partial charge < -0.3 is 11.1 Å². The van der Waals surface area contributed by atoms with Crippen LogP contribution in [0.1, 0.15) is 44.1 Å². The van der Waals surface area contributed by atoms with Crippen molar-refractivity contribution in [2.24, 2.45) is 10.7 Å². The van der Waals surface area contributed by atoms with Gasteiger partial charge >= 0.3 is 0 Å². The van der Waals surface area contributed by atoms with E-state index in [4.69, 9.17) is 5.73 Å². The summed E-state index contributed by atoms with van der Waals surface area (Å²) in [5.41, 5.74) is 7.01. The molecule has 0 atom stereocenters. The summed E-state index contributed by atoms with van der Waals surface area (Å²) in [4.78, 5) is 8.42. The summed E-state index contributed by atoms with van der Waals surface area (Å²) in [6.07, 6.45) is 11.3. The van der Waals surface area contributed by atoms with E-state index in [-0.39, 0.29) is 24.0 Å². The highest BCUT2D eigenvalue weighted by atomic mass is 127. The van der Waals surface area contributed by atoms with Crippen molar-refractivity contribution in [2.45, 2.75) is 51.1 Å². The van der Waals surface area contributed by atoms with Crippen LogP contribution in [0, 0.1) is 0 Å². The molecular formula is C14H23IN4. The Morgan fingerprint density at radius 2 is 2.05 bits per heavy atom. The molecule has 1 aromatic heterocycles. The first-order chi connectivity index (χ1) is 8.84. The van der Waals surface area contributed by atoms with Crippen molar-refractivity contribution in [3.8, 4) is 0 Å². The molecule has 1 aliphatic carbocycles. The Balaban J connectivity index is 0.00000180. The van der Waals surface area contributed by atoms with E-state index in [2.05, 4.69) is 15.3 Å². The molecule has 2 rings (SSSR count). The summed E-state index contributed by atoms with van der Waals surface area (Å²) >= 11 is 0. The van der Waals surface area contributed by atoms with Crippen LogP contribution in [0.5, 0.6) is 0 Å². The second-order valence-corrected chi connectivity index (χ2v) is 4.90. The summed E-state index contributed by atoms with van der Waals surface area (Å²) in [7, 11) is 0. The van der Waals surface area contributed by atoms with Crippen LogP contribution in [0.4, 0.5) is 0 Å². The van der Waals surface area contributed by atoms with E-state index >= 15 is 0 Å². The lowest BCUT2D eigenvalue weighted by Crippen LogP contribution is -2.39. The molecule has 0 amide bonds. The van der Waals surface area contributed by atoms with Gasteiger partial charge in [-0.25, -0.2) is 4.99 Å². The monoisotopic (exact) mass is 374 g/mol. The predicted octanol–water partition coefficient (Wildman–Crippen LogP) is 2.83. The molecule has 0 unspecified atom stereocenters. The van der Waals surface area contributed by atoms with E-state index in [1.54, 1.807) is 6.20 Å². The minimum Gasteiger partial charge on any atom is -0.370 e. The molecular weight excluding hydrogens is 351 g/mol. The Morgan fingerprint density at radius 3 is 2.68 bits per heavy atom. The molecule has 5 heteroatoms. The first-order valence-corrected chi connectivity index (χ1v) is 6.80. The maximum absolute atomic E-state index is 5.92. The maximum Gasteiger partial charge on any atom is 0.189 e. The number of nitrogens with one attached hydrogen (secondary N) is 1. The van der Waals surface area contributed by atoms with Gasteiger partial charge in [0.15, 0.2) is 5.96 Å². The molecule has 0 radical (unpaired) electrons. The predicted molar refractivity (Wildman–Crippen MR) is 89.6 cm³/mol. The number of aromatic nitrogens is 1. The van der Waals surface area contributed by atoms with Crippen molar-refractivity contribution in [2.75, 3.05) is 0 Å². The normalized spacial score (nSPS) is 17.4.